The number of benzene rings is 1. The molecule has 21 heavy (non-hydrogen) atoms. The summed E-state index contributed by atoms with van der Waals surface area (Å²) in [6.45, 7) is 3.91. The Labute approximate surface area is 140 Å². The molecule has 5 nitrogen and oxygen atoms in total. The van der Waals surface area contributed by atoms with Gasteiger partial charge in [0, 0.05) is 15.2 Å². The molecule has 0 aliphatic carbocycles. The number of halogens is 2. The molecular formula is C14H17Br2N3O2. The molecule has 0 saturated carbocycles. The lowest BCUT2D eigenvalue weighted by molar-refractivity contribution is -0.0343. The zero-order chi connectivity index (χ0) is 15.5. The van der Waals surface area contributed by atoms with Gasteiger partial charge in [-0.2, -0.15) is 5.10 Å². The molecule has 114 valence electrons. The van der Waals surface area contributed by atoms with E-state index in [4.69, 9.17) is 4.74 Å². The molecule has 0 bridgehead atoms. The van der Waals surface area contributed by atoms with E-state index < -0.39 is 12.2 Å². The lowest BCUT2D eigenvalue weighted by Gasteiger charge is -2.33. The van der Waals surface area contributed by atoms with Gasteiger partial charge in [0.2, 0.25) is 0 Å². The standard InChI is InChI=1S/C14H17Br2N3O2/c1-14(2,7-15)12(20)11(13-17-8-18-19-13)21-10-5-3-9(16)4-6-10/h3-6,8,11-12,20H,7H2,1-2H3,(H,17,18,19). The van der Waals surface area contributed by atoms with Gasteiger partial charge in [0.15, 0.2) is 11.9 Å². The second-order valence-electron chi connectivity index (χ2n) is 5.42. The van der Waals surface area contributed by atoms with Gasteiger partial charge >= 0.3 is 0 Å². The molecule has 0 spiro atoms. The number of rotatable bonds is 6. The number of hydrogen-bond acceptors (Lipinski definition) is 4. The van der Waals surface area contributed by atoms with Crippen LogP contribution < -0.4 is 4.74 Å². The van der Waals surface area contributed by atoms with E-state index in [1.165, 1.54) is 6.33 Å². The first-order valence-corrected chi connectivity index (χ1v) is 8.37. The Bertz CT molecular complexity index is 558. The number of aliphatic hydroxyl groups is 1. The average Bonchev–Trinajstić information content (AvgIpc) is 3.00. The van der Waals surface area contributed by atoms with Gasteiger partial charge in [0.25, 0.3) is 0 Å². The van der Waals surface area contributed by atoms with E-state index >= 15 is 0 Å². The summed E-state index contributed by atoms with van der Waals surface area (Å²) in [6.07, 6.45) is 0.0579. The first-order valence-electron chi connectivity index (χ1n) is 6.46. The van der Waals surface area contributed by atoms with Crippen LogP contribution in [0.25, 0.3) is 0 Å². The molecule has 7 heteroatoms. The number of hydrogen-bond donors (Lipinski definition) is 2. The zero-order valence-electron chi connectivity index (χ0n) is 11.8. The third-order valence-corrected chi connectivity index (χ3v) is 5.17. The van der Waals surface area contributed by atoms with Crippen molar-refractivity contribution < 1.29 is 9.84 Å². The van der Waals surface area contributed by atoms with Crippen LogP contribution in [0.5, 0.6) is 5.75 Å². The van der Waals surface area contributed by atoms with Crippen LogP contribution in [-0.2, 0) is 0 Å². The fourth-order valence-corrected chi connectivity index (χ4v) is 2.36. The molecule has 0 fully saturated rings. The van der Waals surface area contributed by atoms with Crippen LogP contribution >= 0.6 is 31.9 Å². The molecule has 1 aromatic carbocycles. The van der Waals surface area contributed by atoms with E-state index in [1.807, 2.05) is 38.1 Å². The van der Waals surface area contributed by atoms with E-state index in [0.717, 1.165) is 4.47 Å². The fourth-order valence-electron chi connectivity index (χ4n) is 1.76. The zero-order valence-corrected chi connectivity index (χ0v) is 14.9. The highest BCUT2D eigenvalue weighted by Crippen LogP contribution is 2.34. The Balaban J connectivity index is 2.27. The summed E-state index contributed by atoms with van der Waals surface area (Å²) in [5.41, 5.74) is -0.388. The molecule has 1 aromatic heterocycles. The molecule has 2 unspecified atom stereocenters. The largest absolute Gasteiger partial charge is 0.480 e. The van der Waals surface area contributed by atoms with E-state index in [2.05, 4.69) is 47.0 Å². The minimum absolute atomic E-state index is 0.388. The number of ether oxygens (including phenoxy) is 1. The Morgan fingerprint density at radius 3 is 2.52 bits per heavy atom. The van der Waals surface area contributed by atoms with Gasteiger partial charge in [-0.25, -0.2) is 4.98 Å². The van der Waals surface area contributed by atoms with E-state index in [1.54, 1.807) is 0 Å². The van der Waals surface area contributed by atoms with Crippen LogP contribution in [-0.4, -0.2) is 31.7 Å². The highest BCUT2D eigenvalue weighted by Gasteiger charge is 2.38. The monoisotopic (exact) mass is 417 g/mol. The third-order valence-electron chi connectivity index (χ3n) is 3.20. The van der Waals surface area contributed by atoms with Crippen molar-refractivity contribution in [1.82, 2.24) is 15.2 Å². The van der Waals surface area contributed by atoms with Crippen LogP contribution in [0, 0.1) is 5.41 Å². The smallest absolute Gasteiger partial charge is 0.193 e. The Kier molecular flexibility index (Phi) is 5.40. The minimum atomic E-state index is -0.767. The molecular weight excluding hydrogens is 402 g/mol. The van der Waals surface area contributed by atoms with Crippen LogP contribution in [0.4, 0.5) is 0 Å². The topological polar surface area (TPSA) is 71.0 Å². The summed E-state index contributed by atoms with van der Waals surface area (Å²) in [5, 5.41) is 18.0. The van der Waals surface area contributed by atoms with Gasteiger partial charge in [-0.1, -0.05) is 45.7 Å². The molecule has 2 rings (SSSR count). The van der Waals surface area contributed by atoms with Crippen LogP contribution in [0.15, 0.2) is 35.1 Å². The quantitative estimate of drug-likeness (QED) is 0.704. The average molecular weight is 419 g/mol. The molecule has 2 atom stereocenters. The fraction of sp³-hybridized carbons (Fsp3) is 0.429. The first-order chi connectivity index (χ1) is 9.94. The van der Waals surface area contributed by atoms with Crippen molar-refractivity contribution in [3.05, 3.63) is 40.9 Å². The van der Waals surface area contributed by atoms with Crippen molar-refractivity contribution in [2.24, 2.45) is 5.41 Å². The lowest BCUT2D eigenvalue weighted by Crippen LogP contribution is -2.39. The Morgan fingerprint density at radius 2 is 2.00 bits per heavy atom. The molecule has 0 saturated heterocycles. The number of nitrogens with one attached hydrogen (secondary N) is 1. The summed E-state index contributed by atoms with van der Waals surface area (Å²) >= 11 is 6.81. The van der Waals surface area contributed by atoms with Crippen LogP contribution in [0.2, 0.25) is 0 Å². The summed E-state index contributed by atoms with van der Waals surface area (Å²) in [4.78, 5) is 4.12. The highest BCUT2D eigenvalue weighted by molar-refractivity contribution is 9.10. The molecule has 0 aliphatic heterocycles. The van der Waals surface area contributed by atoms with Crippen molar-refractivity contribution in [3.8, 4) is 5.75 Å². The first kappa shape index (κ1) is 16.5. The predicted molar refractivity (Wildman–Crippen MR) is 87.5 cm³/mol. The van der Waals surface area contributed by atoms with Crippen molar-refractivity contribution in [2.45, 2.75) is 26.1 Å². The lowest BCUT2D eigenvalue weighted by atomic mass is 9.85. The van der Waals surface area contributed by atoms with Crippen LogP contribution in [0.3, 0.4) is 0 Å². The van der Waals surface area contributed by atoms with Gasteiger partial charge in [-0.05, 0) is 24.3 Å². The third kappa shape index (κ3) is 4.05. The number of aliphatic hydroxyl groups excluding tert-OH is 1. The minimum Gasteiger partial charge on any atom is -0.480 e. The maximum absolute atomic E-state index is 10.7. The SMILES string of the molecule is CC(C)(CBr)C(O)C(Oc1ccc(Br)cc1)c1nc[nH]n1. The number of nitrogens with zero attached hydrogens (tertiary/aromatic N) is 2. The van der Waals surface area contributed by atoms with Gasteiger partial charge in [0.05, 0.1) is 0 Å². The van der Waals surface area contributed by atoms with Gasteiger partial charge in [-0.15, -0.1) is 0 Å². The molecule has 0 amide bonds. The maximum Gasteiger partial charge on any atom is 0.193 e. The van der Waals surface area contributed by atoms with Gasteiger partial charge < -0.3 is 9.84 Å². The molecule has 2 aromatic rings. The second kappa shape index (κ2) is 6.89. The maximum atomic E-state index is 10.7. The predicted octanol–water partition coefficient (Wildman–Crippen LogP) is 3.47. The summed E-state index contributed by atoms with van der Waals surface area (Å²) < 4.78 is 6.89. The summed E-state index contributed by atoms with van der Waals surface area (Å²) in [7, 11) is 0. The van der Waals surface area contributed by atoms with E-state index in [9.17, 15) is 5.11 Å². The number of alkyl halides is 1. The number of aromatic amines is 1. The molecule has 2 N–H and O–H groups in total. The van der Waals surface area contributed by atoms with Crippen molar-refractivity contribution in [3.63, 3.8) is 0 Å². The van der Waals surface area contributed by atoms with Gasteiger partial charge in [-0.3, -0.25) is 5.10 Å². The Morgan fingerprint density at radius 1 is 1.33 bits per heavy atom. The van der Waals surface area contributed by atoms with Crippen molar-refractivity contribution in [2.75, 3.05) is 5.33 Å². The van der Waals surface area contributed by atoms with Crippen LogP contribution in [0.1, 0.15) is 25.8 Å². The molecule has 0 radical (unpaired) electrons. The van der Waals surface area contributed by atoms with E-state index in [-0.39, 0.29) is 5.41 Å². The number of aromatic nitrogens is 3. The van der Waals surface area contributed by atoms with Crippen molar-refractivity contribution >= 4 is 31.9 Å². The number of H-pyrrole nitrogens is 1. The molecule has 0 aliphatic rings. The summed E-state index contributed by atoms with van der Waals surface area (Å²) in [6, 6.07) is 7.42. The molecule has 1 heterocycles. The Hall–Kier alpha value is -0.920. The van der Waals surface area contributed by atoms with E-state index in [0.29, 0.717) is 16.9 Å². The summed E-state index contributed by atoms with van der Waals surface area (Å²) in [5.74, 6) is 1.08. The second-order valence-corrected chi connectivity index (χ2v) is 6.89. The van der Waals surface area contributed by atoms with Crippen molar-refractivity contribution in [1.29, 1.82) is 0 Å². The normalized spacial score (nSPS) is 14.7. The van der Waals surface area contributed by atoms with Gasteiger partial charge in [0.1, 0.15) is 18.2 Å². The highest BCUT2D eigenvalue weighted by atomic mass is 79.9.